The third-order valence-corrected chi connectivity index (χ3v) is 4.46. The van der Waals surface area contributed by atoms with Crippen LogP contribution in [0, 0.1) is 0 Å². The Morgan fingerprint density at radius 3 is 3.00 bits per heavy atom. The lowest BCUT2D eigenvalue weighted by atomic mass is 10.0. The number of β-amino-alcohol motifs (C(OH)–C–C–N with tert-alkyl or cyclic N) is 1. The van der Waals surface area contributed by atoms with Gasteiger partial charge in [-0.3, -0.25) is 9.58 Å². The van der Waals surface area contributed by atoms with Crippen molar-refractivity contribution in [1.82, 2.24) is 14.7 Å². The number of aliphatic hydroxyl groups is 1. The molecule has 0 bridgehead atoms. The van der Waals surface area contributed by atoms with Crippen molar-refractivity contribution in [2.45, 2.75) is 31.7 Å². The molecule has 1 fully saturated rings. The molecule has 130 valence electrons. The Kier molecular flexibility index (Phi) is 5.50. The van der Waals surface area contributed by atoms with Crippen molar-refractivity contribution >= 4 is 0 Å². The molecule has 1 N–H and O–H groups in total. The van der Waals surface area contributed by atoms with E-state index in [4.69, 9.17) is 9.47 Å². The van der Waals surface area contributed by atoms with Gasteiger partial charge in [-0.2, -0.15) is 5.10 Å². The van der Waals surface area contributed by atoms with Crippen LogP contribution in [-0.4, -0.2) is 53.3 Å². The van der Waals surface area contributed by atoms with Crippen molar-refractivity contribution in [3.63, 3.8) is 0 Å². The molecule has 0 amide bonds. The van der Waals surface area contributed by atoms with Gasteiger partial charge in [-0.05, 0) is 24.1 Å². The van der Waals surface area contributed by atoms with Gasteiger partial charge in [0.25, 0.3) is 0 Å². The number of hydrogen-bond acceptors (Lipinski definition) is 5. The first-order valence-corrected chi connectivity index (χ1v) is 8.26. The fraction of sp³-hybridized carbons (Fsp3) is 0.500. The number of aliphatic hydroxyl groups excluding tert-OH is 1. The summed E-state index contributed by atoms with van der Waals surface area (Å²) in [4.78, 5) is 2.30. The topological polar surface area (TPSA) is 59.8 Å². The maximum atomic E-state index is 10.1. The van der Waals surface area contributed by atoms with Crippen LogP contribution in [0.4, 0.5) is 0 Å². The van der Waals surface area contributed by atoms with Crippen LogP contribution in [0.2, 0.25) is 0 Å². The van der Waals surface area contributed by atoms with E-state index in [1.807, 2.05) is 29.2 Å². The van der Waals surface area contributed by atoms with Gasteiger partial charge in [0, 0.05) is 38.0 Å². The molecule has 2 atom stereocenters. The molecule has 2 aromatic rings. The zero-order valence-electron chi connectivity index (χ0n) is 14.3. The van der Waals surface area contributed by atoms with Gasteiger partial charge in [-0.1, -0.05) is 12.1 Å². The first kappa shape index (κ1) is 17.0. The number of benzene rings is 1. The van der Waals surface area contributed by atoms with Crippen LogP contribution in [0.5, 0.6) is 5.75 Å². The van der Waals surface area contributed by atoms with E-state index in [1.54, 1.807) is 14.2 Å². The standard InChI is InChI=1S/C18H25N3O3/c1-23-7-6-21-12-14(10-19-21)11-20-13-16(22)9-18(20)15-4-3-5-17(8-15)24-2/h3-5,8,10,12,16,18,22H,6-7,9,11,13H2,1-2H3. The molecule has 0 saturated carbocycles. The molecule has 0 spiro atoms. The van der Waals surface area contributed by atoms with Crippen LogP contribution in [-0.2, 0) is 17.8 Å². The molecule has 6 heteroatoms. The fourth-order valence-electron chi connectivity index (χ4n) is 3.28. The highest BCUT2D eigenvalue weighted by Gasteiger charge is 2.32. The van der Waals surface area contributed by atoms with Gasteiger partial charge in [0.2, 0.25) is 0 Å². The first-order chi connectivity index (χ1) is 11.7. The van der Waals surface area contributed by atoms with Crippen molar-refractivity contribution in [1.29, 1.82) is 0 Å². The van der Waals surface area contributed by atoms with Gasteiger partial charge in [0.15, 0.2) is 0 Å². The Hall–Kier alpha value is -1.89. The number of likely N-dealkylation sites (tertiary alicyclic amines) is 1. The van der Waals surface area contributed by atoms with Crippen LogP contribution < -0.4 is 4.74 Å². The summed E-state index contributed by atoms with van der Waals surface area (Å²) in [5.74, 6) is 0.848. The molecule has 2 heterocycles. The predicted octanol–water partition coefficient (Wildman–Crippen LogP) is 1.85. The molecule has 24 heavy (non-hydrogen) atoms. The van der Waals surface area contributed by atoms with Gasteiger partial charge in [-0.25, -0.2) is 0 Å². The van der Waals surface area contributed by atoms with E-state index in [1.165, 1.54) is 5.56 Å². The van der Waals surface area contributed by atoms with Gasteiger partial charge in [-0.15, -0.1) is 0 Å². The Morgan fingerprint density at radius 1 is 1.33 bits per heavy atom. The fourth-order valence-corrected chi connectivity index (χ4v) is 3.28. The SMILES string of the molecule is COCCn1cc(CN2CC(O)CC2c2cccc(OC)c2)cn1. The second kappa shape index (κ2) is 7.79. The van der Waals surface area contributed by atoms with Crippen molar-refractivity contribution in [3.05, 3.63) is 47.8 Å². The average molecular weight is 331 g/mol. The number of rotatable bonds is 7. The maximum absolute atomic E-state index is 10.1. The molecule has 1 aliphatic heterocycles. The predicted molar refractivity (Wildman–Crippen MR) is 90.9 cm³/mol. The van der Waals surface area contributed by atoms with Gasteiger partial charge in [0.05, 0.1) is 32.6 Å². The molecule has 3 rings (SSSR count). The molecule has 1 aromatic heterocycles. The van der Waals surface area contributed by atoms with Crippen molar-refractivity contribution in [2.24, 2.45) is 0 Å². The van der Waals surface area contributed by atoms with Gasteiger partial charge < -0.3 is 14.6 Å². The summed E-state index contributed by atoms with van der Waals surface area (Å²) in [6.45, 7) is 2.84. The van der Waals surface area contributed by atoms with Crippen molar-refractivity contribution < 1.29 is 14.6 Å². The van der Waals surface area contributed by atoms with E-state index < -0.39 is 0 Å². The zero-order chi connectivity index (χ0) is 16.9. The monoisotopic (exact) mass is 331 g/mol. The van der Waals surface area contributed by atoms with Gasteiger partial charge in [0.1, 0.15) is 5.75 Å². The summed E-state index contributed by atoms with van der Waals surface area (Å²) < 4.78 is 12.3. The number of methoxy groups -OCH3 is 2. The van der Waals surface area contributed by atoms with Gasteiger partial charge >= 0.3 is 0 Å². The van der Waals surface area contributed by atoms with E-state index in [-0.39, 0.29) is 12.1 Å². The summed E-state index contributed by atoms with van der Waals surface area (Å²) >= 11 is 0. The summed E-state index contributed by atoms with van der Waals surface area (Å²) in [6, 6.07) is 8.29. The molecule has 1 aliphatic rings. The van der Waals surface area contributed by atoms with E-state index >= 15 is 0 Å². The van der Waals surface area contributed by atoms with E-state index in [0.29, 0.717) is 13.2 Å². The van der Waals surface area contributed by atoms with Crippen LogP contribution in [0.25, 0.3) is 0 Å². The molecule has 0 aliphatic carbocycles. The molecule has 1 aromatic carbocycles. The molecular weight excluding hydrogens is 306 g/mol. The zero-order valence-corrected chi connectivity index (χ0v) is 14.3. The molecule has 2 unspecified atom stereocenters. The summed E-state index contributed by atoms with van der Waals surface area (Å²) in [7, 11) is 3.36. The quantitative estimate of drug-likeness (QED) is 0.839. The maximum Gasteiger partial charge on any atom is 0.119 e. The van der Waals surface area contributed by atoms with Crippen molar-refractivity contribution in [2.75, 3.05) is 27.4 Å². The smallest absolute Gasteiger partial charge is 0.119 e. The Bertz CT molecular complexity index is 658. The second-order valence-electron chi connectivity index (χ2n) is 6.22. The minimum Gasteiger partial charge on any atom is -0.497 e. The van der Waals surface area contributed by atoms with E-state index in [0.717, 1.165) is 30.8 Å². The average Bonchev–Trinajstić information content (AvgIpc) is 3.19. The second-order valence-corrected chi connectivity index (χ2v) is 6.22. The third-order valence-electron chi connectivity index (χ3n) is 4.46. The van der Waals surface area contributed by atoms with E-state index in [9.17, 15) is 5.11 Å². The lowest BCUT2D eigenvalue weighted by molar-refractivity contribution is 0.172. The summed E-state index contributed by atoms with van der Waals surface area (Å²) in [6.07, 6.45) is 4.38. The van der Waals surface area contributed by atoms with Crippen LogP contribution >= 0.6 is 0 Å². The number of nitrogens with zero attached hydrogens (tertiary/aromatic N) is 3. The highest BCUT2D eigenvalue weighted by molar-refractivity contribution is 5.31. The molecule has 6 nitrogen and oxygen atoms in total. The molecule has 1 saturated heterocycles. The molecule has 0 radical (unpaired) electrons. The van der Waals surface area contributed by atoms with Crippen molar-refractivity contribution in [3.8, 4) is 5.75 Å². The minimum absolute atomic E-state index is 0.192. The Labute approximate surface area is 142 Å². The summed E-state index contributed by atoms with van der Waals surface area (Å²) in [5, 5.41) is 14.5. The lowest BCUT2D eigenvalue weighted by Gasteiger charge is -2.24. The van der Waals surface area contributed by atoms with Crippen LogP contribution in [0.1, 0.15) is 23.6 Å². The number of hydrogen-bond donors (Lipinski definition) is 1. The number of aromatic nitrogens is 2. The minimum atomic E-state index is -0.301. The lowest BCUT2D eigenvalue weighted by Crippen LogP contribution is -2.24. The van der Waals surface area contributed by atoms with Crippen LogP contribution in [0.15, 0.2) is 36.7 Å². The first-order valence-electron chi connectivity index (χ1n) is 8.26. The normalized spacial score (nSPS) is 21.3. The highest BCUT2D eigenvalue weighted by atomic mass is 16.5. The third kappa shape index (κ3) is 3.95. The Balaban J connectivity index is 1.72. The highest BCUT2D eigenvalue weighted by Crippen LogP contribution is 2.34. The van der Waals surface area contributed by atoms with Crippen LogP contribution in [0.3, 0.4) is 0 Å². The van der Waals surface area contributed by atoms with E-state index in [2.05, 4.69) is 22.1 Å². The largest absolute Gasteiger partial charge is 0.497 e. The summed E-state index contributed by atoms with van der Waals surface area (Å²) in [5.41, 5.74) is 2.32. The number of ether oxygens (including phenoxy) is 2. The molecular formula is C18H25N3O3. The Morgan fingerprint density at radius 2 is 2.21 bits per heavy atom.